The van der Waals surface area contributed by atoms with Crippen molar-refractivity contribution in [3.8, 4) is 0 Å². The zero-order valence-corrected chi connectivity index (χ0v) is 12.4. The Bertz CT molecular complexity index is 599. The molecule has 0 radical (unpaired) electrons. The number of hydrogen-bond donors (Lipinski definition) is 0. The second-order valence-corrected chi connectivity index (χ2v) is 5.57. The molecule has 2 bridgehead atoms. The number of fused-ring (bicyclic) bond motifs is 4. The molecule has 0 unspecified atom stereocenters. The smallest absolute Gasteiger partial charge is 0.345 e. The summed E-state index contributed by atoms with van der Waals surface area (Å²) in [5.41, 5.74) is -0.366. The lowest BCUT2D eigenvalue weighted by Gasteiger charge is -2.32. The molecule has 118 valence electrons. The summed E-state index contributed by atoms with van der Waals surface area (Å²) in [7, 11) is 1.22. The third-order valence-electron chi connectivity index (χ3n) is 4.42. The van der Waals surface area contributed by atoms with Crippen molar-refractivity contribution in [3.63, 3.8) is 0 Å². The predicted molar refractivity (Wildman–Crippen MR) is 79.0 cm³/mol. The first-order chi connectivity index (χ1) is 10.6. The normalized spacial score (nSPS) is 24.0. The first-order valence-electron chi connectivity index (χ1n) is 7.32. The number of anilines is 1. The highest BCUT2D eigenvalue weighted by Crippen LogP contribution is 2.28. The van der Waals surface area contributed by atoms with E-state index in [1.807, 2.05) is 0 Å². The minimum Gasteiger partial charge on any atom is -0.465 e. The van der Waals surface area contributed by atoms with Crippen molar-refractivity contribution in [1.29, 1.82) is 0 Å². The molecule has 0 amide bonds. The summed E-state index contributed by atoms with van der Waals surface area (Å²) in [5.74, 6) is -0.0991. The average molecular weight is 306 g/mol. The minimum absolute atomic E-state index is 0.0448. The molecule has 1 aromatic rings. The van der Waals surface area contributed by atoms with Gasteiger partial charge in [-0.1, -0.05) is 0 Å². The summed E-state index contributed by atoms with van der Waals surface area (Å²) < 4.78 is 4.66. The van der Waals surface area contributed by atoms with Crippen LogP contribution < -0.4 is 4.90 Å². The SMILES string of the molecule is COC(=O)c1cc(N2CCN3CCC2CC3)ncc1[N+](=O)[O-]. The van der Waals surface area contributed by atoms with Crippen LogP contribution in [0.3, 0.4) is 0 Å². The van der Waals surface area contributed by atoms with Crippen LogP contribution in [0.15, 0.2) is 12.3 Å². The third kappa shape index (κ3) is 2.61. The van der Waals surface area contributed by atoms with Crippen LogP contribution in [0.4, 0.5) is 11.5 Å². The number of ether oxygens (including phenoxy) is 1. The van der Waals surface area contributed by atoms with Crippen molar-refractivity contribution < 1.29 is 14.5 Å². The topological polar surface area (TPSA) is 88.8 Å². The highest BCUT2D eigenvalue weighted by molar-refractivity contribution is 5.94. The maximum absolute atomic E-state index is 11.8. The van der Waals surface area contributed by atoms with Gasteiger partial charge in [0.1, 0.15) is 17.6 Å². The zero-order chi connectivity index (χ0) is 15.7. The fourth-order valence-corrected chi connectivity index (χ4v) is 3.20. The molecule has 22 heavy (non-hydrogen) atoms. The molecule has 3 saturated heterocycles. The molecule has 0 N–H and O–H groups in total. The fraction of sp³-hybridized carbons (Fsp3) is 0.571. The molecule has 3 aliphatic heterocycles. The molecule has 0 atom stereocenters. The number of carbonyl (C=O) groups excluding carboxylic acids is 1. The Labute approximate surface area is 127 Å². The fourth-order valence-electron chi connectivity index (χ4n) is 3.20. The number of hydrogen-bond acceptors (Lipinski definition) is 7. The molecule has 3 fully saturated rings. The lowest BCUT2D eigenvalue weighted by atomic mass is 10.1. The Balaban J connectivity index is 1.97. The highest BCUT2D eigenvalue weighted by Gasteiger charge is 2.31. The van der Waals surface area contributed by atoms with Gasteiger partial charge >= 0.3 is 11.7 Å². The van der Waals surface area contributed by atoms with E-state index in [4.69, 9.17) is 0 Å². The van der Waals surface area contributed by atoms with Gasteiger partial charge in [0, 0.05) is 38.3 Å². The number of piperidine rings is 1. The largest absolute Gasteiger partial charge is 0.465 e. The Kier molecular flexibility index (Phi) is 3.93. The van der Waals surface area contributed by atoms with Crippen LogP contribution in [-0.2, 0) is 4.74 Å². The van der Waals surface area contributed by atoms with Gasteiger partial charge in [-0.3, -0.25) is 10.1 Å². The van der Waals surface area contributed by atoms with Crippen LogP contribution in [0.5, 0.6) is 0 Å². The van der Waals surface area contributed by atoms with E-state index in [1.165, 1.54) is 13.2 Å². The number of aromatic nitrogens is 1. The van der Waals surface area contributed by atoms with E-state index in [-0.39, 0.29) is 11.3 Å². The highest BCUT2D eigenvalue weighted by atomic mass is 16.6. The average Bonchev–Trinajstić information content (AvgIpc) is 2.87. The lowest BCUT2D eigenvalue weighted by Crippen LogP contribution is -2.38. The molecule has 0 aromatic carbocycles. The molecule has 0 aliphatic carbocycles. The predicted octanol–water partition coefficient (Wildman–Crippen LogP) is 1.06. The van der Waals surface area contributed by atoms with Crippen LogP contribution in [0.2, 0.25) is 0 Å². The molecule has 4 rings (SSSR count). The van der Waals surface area contributed by atoms with Gasteiger partial charge in [0.05, 0.1) is 12.0 Å². The van der Waals surface area contributed by atoms with Crippen molar-refractivity contribution in [2.24, 2.45) is 0 Å². The maximum Gasteiger partial charge on any atom is 0.345 e. The van der Waals surface area contributed by atoms with E-state index in [0.29, 0.717) is 11.9 Å². The van der Waals surface area contributed by atoms with Crippen LogP contribution in [0, 0.1) is 10.1 Å². The molecule has 8 heteroatoms. The summed E-state index contributed by atoms with van der Waals surface area (Å²) in [6, 6.07) is 1.86. The van der Waals surface area contributed by atoms with Gasteiger partial charge in [-0.2, -0.15) is 0 Å². The van der Waals surface area contributed by atoms with Gasteiger partial charge < -0.3 is 14.5 Å². The van der Waals surface area contributed by atoms with Gasteiger partial charge in [-0.25, -0.2) is 9.78 Å². The first kappa shape index (κ1) is 14.7. The van der Waals surface area contributed by atoms with Crippen molar-refractivity contribution in [2.75, 3.05) is 38.2 Å². The Morgan fingerprint density at radius 2 is 2.09 bits per heavy atom. The second-order valence-electron chi connectivity index (χ2n) is 5.57. The van der Waals surface area contributed by atoms with Crippen molar-refractivity contribution in [1.82, 2.24) is 9.88 Å². The molecular weight excluding hydrogens is 288 g/mol. The van der Waals surface area contributed by atoms with Crippen LogP contribution >= 0.6 is 0 Å². The zero-order valence-electron chi connectivity index (χ0n) is 12.4. The Morgan fingerprint density at radius 3 is 2.73 bits per heavy atom. The van der Waals surface area contributed by atoms with E-state index in [1.54, 1.807) is 0 Å². The number of esters is 1. The quantitative estimate of drug-likeness (QED) is 0.468. The standard InChI is InChI=1S/C14H18N4O4/c1-22-14(19)11-8-13(15-9-12(11)18(20)21)17-7-6-16-4-2-10(17)3-5-16/h8-10H,2-7H2,1H3. The lowest BCUT2D eigenvalue weighted by molar-refractivity contribution is -0.385. The number of nitro groups is 1. The summed E-state index contributed by atoms with van der Waals surface area (Å²) in [5, 5.41) is 11.0. The third-order valence-corrected chi connectivity index (χ3v) is 4.42. The van der Waals surface area contributed by atoms with E-state index >= 15 is 0 Å². The summed E-state index contributed by atoms with van der Waals surface area (Å²) in [6.45, 7) is 3.90. The number of nitrogens with zero attached hydrogens (tertiary/aromatic N) is 4. The second kappa shape index (κ2) is 5.88. The van der Waals surface area contributed by atoms with Crippen molar-refractivity contribution in [2.45, 2.75) is 18.9 Å². The first-order valence-corrected chi connectivity index (χ1v) is 7.32. The Morgan fingerprint density at radius 1 is 1.36 bits per heavy atom. The van der Waals surface area contributed by atoms with Crippen LogP contribution in [-0.4, -0.2) is 60.1 Å². The van der Waals surface area contributed by atoms with Gasteiger partial charge in [0.25, 0.3) is 0 Å². The molecular formula is C14H18N4O4. The Hall–Kier alpha value is -2.22. The van der Waals surface area contributed by atoms with Crippen LogP contribution in [0.1, 0.15) is 23.2 Å². The summed E-state index contributed by atoms with van der Waals surface area (Å²) >= 11 is 0. The summed E-state index contributed by atoms with van der Waals surface area (Å²) in [6.07, 6.45) is 3.25. The molecule has 3 aliphatic rings. The number of pyridine rings is 1. The van der Waals surface area contributed by atoms with Crippen molar-refractivity contribution in [3.05, 3.63) is 27.9 Å². The van der Waals surface area contributed by atoms with Gasteiger partial charge in [-0.05, 0) is 12.8 Å². The van der Waals surface area contributed by atoms with Gasteiger partial charge in [-0.15, -0.1) is 0 Å². The minimum atomic E-state index is -0.710. The molecule has 8 nitrogen and oxygen atoms in total. The molecule has 0 spiro atoms. The monoisotopic (exact) mass is 306 g/mol. The number of rotatable bonds is 3. The summed E-state index contributed by atoms with van der Waals surface area (Å²) in [4.78, 5) is 31.0. The van der Waals surface area contributed by atoms with Gasteiger partial charge in [0.15, 0.2) is 0 Å². The van der Waals surface area contributed by atoms with E-state index < -0.39 is 10.9 Å². The van der Waals surface area contributed by atoms with E-state index in [0.717, 1.165) is 45.2 Å². The number of carbonyl (C=O) groups is 1. The van der Waals surface area contributed by atoms with Gasteiger partial charge in [0.2, 0.25) is 0 Å². The van der Waals surface area contributed by atoms with Crippen molar-refractivity contribution >= 4 is 17.5 Å². The maximum atomic E-state index is 11.8. The molecule has 4 heterocycles. The molecule has 1 aromatic heterocycles. The van der Waals surface area contributed by atoms with Crippen LogP contribution in [0.25, 0.3) is 0 Å². The van der Waals surface area contributed by atoms with E-state index in [9.17, 15) is 14.9 Å². The number of methoxy groups -OCH3 is 1. The molecule has 0 saturated carbocycles. The van der Waals surface area contributed by atoms with E-state index in [2.05, 4.69) is 19.5 Å².